The monoisotopic (exact) mass is 226 g/mol. The maximum absolute atomic E-state index is 12.2. The van der Waals surface area contributed by atoms with Crippen LogP contribution in [0.2, 0.25) is 0 Å². The molecule has 0 aromatic rings. The molecule has 0 amide bonds. The molecular weight excluding hydrogens is 205 g/mol. The Balaban J connectivity index is 4.29. The molecule has 92 valence electrons. The lowest BCUT2D eigenvalue weighted by Gasteiger charge is -2.32. The highest BCUT2D eigenvalue weighted by molar-refractivity contribution is 4.77. The Kier molecular flexibility index (Phi) is 5.06. The summed E-state index contributed by atoms with van der Waals surface area (Å²) in [6.07, 6.45) is -3.49. The summed E-state index contributed by atoms with van der Waals surface area (Å²) < 4.78 is 36.5. The fourth-order valence-corrected chi connectivity index (χ4v) is 1.54. The lowest BCUT2D eigenvalue weighted by atomic mass is 9.87. The summed E-state index contributed by atoms with van der Waals surface area (Å²) in [6, 6.07) is -0.216. The highest BCUT2D eigenvalue weighted by atomic mass is 19.4. The lowest BCUT2D eigenvalue weighted by molar-refractivity contribution is -0.148. The zero-order valence-electron chi connectivity index (χ0n) is 9.86. The Hall–Kier alpha value is -0.290. The van der Waals surface area contributed by atoms with E-state index in [1.165, 1.54) is 11.9 Å². The minimum atomic E-state index is -4.15. The topological polar surface area (TPSA) is 29.3 Å². The molecule has 0 saturated carbocycles. The first-order valence-corrected chi connectivity index (χ1v) is 5.02. The fraction of sp³-hybridized carbons (Fsp3) is 1.00. The van der Waals surface area contributed by atoms with Gasteiger partial charge in [0.2, 0.25) is 0 Å². The predicted molar refractivity (Wildman–Crippen MR) is 55.6 cm³/mol. The number of rotatable bonds is 4. The minimum Gasteiger partial charge on any atom is -0.329 e. The highest BCUT2D eigenvalue weighted by Gasteiger charge is 2.32. The van der Waals surface area contributed by atoms with E-state index in [2.05, 4.69) is 0 Å². The van der Waals surface area contributed by atoms with Gasteiger partial charge in [-0.1, -0.05) is 20.8 Å². The van der Waals surface area contributed by atoms with Crippen LogP contribution in [-0.4, -0.2) is 37.3 Å². The van der Waals surface area contributed by atoms with E-state index in [1.807, 2.05) is 20.8 Å². The van der Waals surface area contributed by atoms with E-state index in [9.17, 15) is 13.2 Å². The van der Waals surface area contributed by atoms with Crippen molar-refractivity contribution in [1.82, 2.24) is 4.90 Å². The molecule has 0 radical (unpaired) electrons. The Labute approximate surface area is 89.6 Å². The molecule has 0 aliphatic heterocycles. The number of hydrogen-bond acceptors (Lipinski definition) is 2. The summed E-state index contributed by atoms with van der Waals surface area (Å²) >= 11 is 0. The van der Waals surface area contributed by atoms with E-state index < -0.39 is 12.7 Å². The second kappa shape index (κ2) is 5.16. The molecular formula is C10H21F3N2. The van der Waals surface area contributed by atoms with Gasteiger partial charge in [0, 0.05) is 12.6 Å². The van der Waals surface area contributed by atoms with Crippen LogP contribution >= 0.6 is 0 Å². The molecule has 0 aliphatic carbocycles. The number of nitrogens with zero attached hydrogens (tertiary/aromatic N) is 1. The smallest absolute Gasteiger partial charge is 0.329 e. The molecule has 0 aromatic carbocycles. The molecule has 0 aromatic heterocycles. The van der Waals surface area contributed by atoms with Crippen molar-refractivity contribution in [2.75, 3.05) is 20.1 Å². The van der Waals surface area contributed by atoms with E-state index in [4.69, 9.17) is 5.73 Å². The van der Waals surface area contributed by atoms with Crippen molar-refractivity contribution in [3.05, 3.63) is 0 Å². The second-order valence-corrected chi connectivity index (χ2v) is 5.18. The van der Waals surface area contributed by atoms with Gasteiger partial charge in [-0.25, -0.2) is 0 Å². The molecule has 1 atom stereocenters. The van der Waals surface area contributed by atoms with Crippen LogP contribution in [-0.2, 0) is 0 Å². The van der Waals surface area contributed by atoms with E-state index in [-0.39, 0.29) is 18.0 Å². The van der Waals surface area contributed by atoms with E-state index >= 15 is 0 Å². The number of alkyl halides is 3. The maximum atomic E-state index is 12.2. The van der Waals surface area contributed by atoms with E-state index in [0.717, 1.165) is 0 Å². The van der Waals surface area contributed by atoms with Crippen LogP contribution in [0.1, 0.15) is 27.2 Å². The van der Waals surface area contributed by atoms with E-state index in [1.54, 1.807) is 0 Å². The number of likely N-dealkylation sites (N-methyl/N-ethyl adjacent to an activating group) is 1. The molecule has 0 spiro atoms. The zero-order chi connectivity index (χ0) is 12.3. The molecule has 15 heavy (non-hydrogen) atoms. The molecule has 0 rings (SSSR count). The van der Waals surface area contributed by atoms with Gasteiger partial charge < -0.3 is 5.73 Å². The Morgan fingerprint density at radius 2 is 1.67 bits per heavy atom. The molecule has 5 heteroatoms. The van der Waals surface area contributed by atoms with Crippen LogP contribution in [0.25, 0.3) is 0 Å². The minimum absolute atomic E-state index is 0.0100. The Bertz CT molecular complexity index is 184. The third kappa shape index (κ3) is 7.62. The van der Waals surface area contributed by atoms with Crippen molar-refractivity contribution in [3.63, 3.8) is 0 Å². The predicted octanol–water partition coefficient (Wildman–Crippen LogP) is 2.24. The first kappa shape index (κ1) is 14.7. The average Bonchev–Trinajstić information content (AvgIpc) is 1.94. The van der Waals surface area contributed by atoms with Crippen LogP contribution in [0.3, 0.4) is 0 Å². The van der Waals surface area contributed by atoms with Crippen molar-refractivity contribution in [2.45, 2.75) is 39.4 Å². The van der Waals surface area contributed by atoms with Gasteiger partial charge >= 0.3 is 6.18 Å². The lowest BCUT2D eigenvalue weighted by Crippen LogP contribution is -2.44. The van der Waals surface area contributed by atoms with Crippen LogP contribution in [0.15, 0.2) is 0 Å². The van der Waals surface area contributed by atoms with Gasteiger partial charge in [0.25, 0.3) is 0 Å². The summed E-state index contributed by atoms with van der Waals surface area (Å²) in [6.45, 7) is 5.35. The SMILES string of the molecule is CN(CC(F)(F)F)C(CN)CC(C)(C)C. The van der Waals surface area contributed by atoms with Gasteiger partial charge in [0.15, 0.2) is 0 Å². The summed E-state index contributed by atoms with van der Waals surface area (Å²) in [7, 11) is 1.47. The van der Waals surface area contributed by atoms with Crippen molar-refractivity contribution < 1.29 is 13.2 Å². The van der Waals surface area contributed by atoms with Crippen LogP contribution in [0.4, 0.5) is 13.2 Å². The average molecular weight is 226 g/mol. The van der Waals surface area contributed by atoms with E-state index in [0.29, 0.717) is 6.42 Å². The van der Waals surface area contributed by atoms with Gasteiger partial charge in [0.05, 0.1) is 6.54 Å². The second-order valence-electron chi connectivity index (χ2n) is 5.18. The number of nitrogens with two attached hydrogens (primary N) is 1. The molecule has 0 heterocycles. The summed E-state index contributed by atoms with van der Waals surface area (Å²) in [5, 5.41) is 0. The summed E-state index contributed by atoms with van der Waals surface area (Å²) in [5.41, 5.74) is 5.48. The maximum Gasteiger partial charge on any atom is 0.401 e. The summed E-state index contributed by atoms with van der Waals surface area (Å²) in [5.74, 6) is 0. The normalized spacial score (nSPS) is 15.8. The van der Waals surface area contributed by atoms with Gasteiger partial charge in [-0.2, -0.15) is 13.2 Å². The molecule has 0 aliphatic rings. The standard InChI is InChI=1S/C10H21F3N2/c1-9(2,3)5-8(6-14)15(4)7-10(11,12)13/h8H,5-7,14H2,1-4H3. The number of hydrogen-bond donors (Lipinski definition) is 1. The molecule has 0 bridgehead atoms. The van der Waals surface area contributed by atoms with Crippen molar-refractivity contribution in [1.29, 1.82) is 0 Å². The molecule has 2 nitrogen and oxygen atoms in total. The van der Waals surface area contributed by atoms with Crippen LogP contribution < -0.4 is 5.73 Å². The van der Waals surface area contributed by atoms with Crippen molar-refractivity contribution in [2.24, 2.45) is 11.1 Å². The van der Waals surface area contributed by atoms with Crippen molar-refractivity contribution in [3.8, 4) is 0 Å². The third-order valence-electron chi connectivity index (χ3n) is 2.17. The van der Waals surface area contributed by atoms with Gasteiger partial charge in [0.1, 0.15) is 0 Å². The van der Waals surface area contributed by atoms with Gasteiger partial charge in [-0.05, 0) is 18.9 Å². The van der Waals surface area contributed by atoms with Gasteiger partial charge in [-0.3, -0.25) is 4.90 Å². The molecule has 2 N–H and O–H groups in total. The van der Waals surface area contributed by atoms with Gasteiger partial charge in [-0.15, -0.1) is 0 Å². The molecule has 0 fully saturated rings. The molecule has 0 saturated heterocycles. The Morgan fingerprint density at radius 1 is 1.20 bits per heavy atom. The van der Waals surface area contributed by atoms with Crippen LogP contribution in [0, 0.1) is 5.41 Å². The van der Waals surface area contributed by atoms with Crippen LogP contribution in [0.5, 0.6) is 0 Å². The summed E-state index contributed by atoms with van der Waals surface area (Å²) in [4.78, 5) is 1.28. The molecule has 1 unspecified atom stereocenters. The number of halogens is 3. The largest absolute Gasteiger partial charge is 0.401 e. The first-order chi connectivity index (χ1) is 6.55. The highest BCUT2D eigenvalue weighted by Crippen LogP contribution is 2.24. The Morgan fingerprint density at radius 3 is 1.93 bits per heavy atom. The van der Waals surface area contributed by atoms with Crippen molar-refractivity contribution >= 4 is 0 Å². The zero-order valence-corrected chi connectivity index (χ0v) is 9.86. The fourth-order valence-electron chi connectivity index (χ4n) is 1.54. The first-order valence-electron chi connectivity index (χ1n) is 5.02. The third-order valence-corrected chi connectivity index (χ3v) is 2.17. The quantitative estimate of drug-likeness (QED) is 0.796.